The first kappa shape index (κ1) is 14.3. The standard InChI is InChI=1S/C16H19NO3/c1-4-19-16(18)15-8-6-13(9-11(15)2)17-10-14-7-5-12(3)20-14/h5-11,15H,4H2,1-3H3. The third kappa shape index (κ3) is 3.47. The second-order valence-electron chi connectivity index (χ2n) is 4.79. The van der Waals surface area contributed by atoms with Crippen LogP contribution in [0.4, 0.5) is 0 Å². The molecule has 20 heavy (non-hydrogen) atoms. The number of nitrogens with zero attached hydrogens (tertiary/aromatic N) is 1. The summed E-state index contributed by atoms with van der Waals surface area (Å²) in [4.78, 5) is 16.1. The normalized spacial score (nSPS) is 22.1. The number of hydrogen-bond donors (Lipinski definition) is 0. The summed E-state index contributed by atoms with van der Waals surface area (Å²) in [5.74, 6) is 1.24. The Labute approximate surface area is 118 Å². The minimum Gasteiger partial charge on any atom is -0.466 e. The van der Waals surface area contributed by atoms with E-state index in [9.17, 15) is 4.79 Å². The molecule has 0 saturated carbocycles. The van der Waals surface area contributed by atoms with Gasteiger partial charge in [-0.3, -0.25) is 9.79 Å². The average molecular weight is 273 g/mol. The van der Waals surface area contributed by atoms with Crippen LogP contribution in [0.2, 0.25) is 0 Å². The van der Waals surface area contributed by atoms with Gasteiger partial charge in [-0.25, -0.2) is 0 Å². The third-order valence-corrected chi connectivity index (χ3v) is 3.14. The number of furan rings is 1. The van der Waals surface area contributed by atoms with E-state index in [1.54, 1.807) is 6.21 Å². The van der Waals surface area contributed by atoms with E-state index in [-0.39, 0.29) is 17.8 Å². The molecule has 0 fully saturated rings. The fourth-order valence-corrected chi connectivity index (χ4v) is 2.08. The van der Waals surface area contributed by atoms with Gasteiger partial charge in [0, 0.05) is 0 Å². The van der Waals surface area contributed by atoms with Crippen molar-refractivity contribution in [3.05, 3.63) is 47.6 Å². The molecule has 4 heteroatoms. The Balaban J connectivity index is 2.02. The van der Waals surface area contributed by atoms with Crippen LogP contribution >= 0.6 is 0 Å². The first-order valence-corrected chi connectivity index (χ1v) is 6.77. The molecule has 0 amide bonds. The summed E-state index contributed by atoms with van der Waals surface area (Å²) in [6.07, 6.45) is 7.34. The lowest BCUT2D eigenvalue weighted by Crippen LogP contribution is -2.23. The molecule has 0 spiro atoms. The molecule has 0 saturated heterocycles. The van der Waals surface area contributed by atoms with Crippen molar-refractivity contribution in [3.63, 3.8) is 0 Å². The molecule has 2 atom stereocenters. The number of aliphatic imine (C=N–C) groups is 1. The highest BCUT2D eigenvalue weighted by molar-refractivity contribution is 5.78. The van der Waals surface area contributed by atoms with Crippen LogP contribution in [0, 0.1) is 18.8 Å². The molecular formula is C16H19NO3. The Morgan fingerprint density at radius 2 is 2.30 bits per heavy atom. The van der Waals surface area contributed by atoms with Crippen molar-refractivity contribution in [2.45, 2.75) is 20.8 Å². The highest BCUT2D eigenvalue weighted by Gasteiger charge is 2.24. The molecule has 4 nitrogen and oxygen atoms in total. The lowest BCUT2D eigenvalue weighted by atomic mass is 9.89. The molecule has 1 aliphatic rings. The van der Waals surface area contributed by atoms with E-state index in [0.717, 1.165) is 17.2 Å². The second kappa shape index (κ2) is 6.37. The van der Waals surface area contributed by atoms with Gasteiger partial charge in [-0.2, -0.15) is 0 Å². The number of esters is 1. The van der Waals surface area contributed by atoms with Crippen LogP contribution in [0.5, 0.6) is 0 Å². The molecule has 0 radical (unpaired) electrons. The van der Waals surface area contributed by atoms with Gasteiger partial charge in [-0.05, 0) is 38.0 Å². The molecule has 1 aliphatic carbocycles. The zero-order valence-electron chi connectivity index (χ0n) is 12.0. The zero-order chi connectivity index (χ0) is 14.5. The molecule has 1 aromatic rings. The first-order chi connectivity index (χ1) is 9.60. The maximum atomic E-state index is 11.7. The molecule has 2 unspecified atom stereocenters. The van der Waals surface area contributed by atoms with E-state index >= 15 is 0 Å². The van der Waals surface area contributed by atoms with Crippen LogP contribution in [-0.4, -0.2) is 18.8 Å². The Hall–Kier alpha value is -2.10. The van der Waals surface area contributed by atoms with Crippen LogP contribution in [0.1, 0.15) is 25.4 Å². The summed E-state index contributed by atoms with van der Waals surface area (Å²) >= 11 is 0. The van der Waals surface area contributed by atoms with E-state index in [4.69, 9.17) is 9.15 Å². The average Bonchev–Trinajstić information content (AvgIpc) is 2.82. The van der Waals surface area contributed by atoms with Crippen molar-refractivity contribution in [1.82, 2.24) is 0 Å². The molecule has 0 aromatic carbocycles. The lowest BCUT2D eigenvalue weighted by Gasteiger charge is -2.19. The van der Waals surface area contributed by atoms with Gasteiger partial charge in [0.15, 0.2) is 0 Å². The minimum absolute atomic E-state index is 0.0736. The van der Waals surface area contributed by atoms with E-state index in [1.165, 1.54) is 0 Å². The summed E-state index contributed by atoms with van der Waals surface area (Å²) in [5.41, 5.74) is 0.826. The molecule has 1 heterocycles. The zero-order valence-corrected chi connectivity index (χ0v) is 12.0. The summed E-state index contributed by atoms with van der Waals surface area (Å²) in [6, 6.07) is 3.77. The van der Waals surface area contributed by atoms with Crippen molar-refractivity contribution >= 4 is 12.2 Å². The Morgan fingerprint density at radius 1 is 1.50 bits per heavy atom. The van der Waals surface area contributed by atoms with Crippen molar-refractivity contribution in [2.75, 3.05) is 6.61 Å². The molecule has 0 bridgehead atoms. The highest BCUT2D eigenvalue weighted by atomic mass is 16.5. The largest absolute Gasteiger partial charge is 0.466 e. The highest BCUT2D eigenvalue weighted by Crippen LogP contribution is 2.24. The Morgan fingerprint density at radius 3 is 2.90 bits per heavy atom. The lowest BCUT2D eigenvalue weighted by molar-refractivity contribution is -0.147. The van der Waals surface area contributed by atoms with Crippen LogP contribution in [0.15, 0.2) is 45.5 Å². The van der Waals surface area contributed by atoms with E-state index in [2.05, 4.69) is 4.99 Å². The quantitative estimate of drug-likeness (QED) is 0.625. The minimum atomic E-state index is -0.222. The Kier molecular flexibility index (Phi) is 4.56. The molecule has 1 aromatic heterocycles. The molecule has 2 rings (SSSR count). The summed E-state index contributed by atoms with van der Waals surface area (Å²) < 4.78 is 10.5. The van der Waals surface area contributed by atoms with Gasteiger partial charge < -0.3 is 9.15 Å². The van der Waals surface area contributed by atoms with E-state index < -0.39 is 0 Å². The summed E-state index contributed by atoms with van der Waals surface area (Å²) in [7, 11) is 0. The van der Waals surface area contributed by atoms with Crippen LogP contribution < -0.4 is 0 Å². The van der Waals surface area contributed by atoms with Crippen molar-refractivity contribution in [2.24, 2.45) is 16.8 Å². The predicted octanol–water partition coefficient (Wildman–Crippen LogP) is 3.28. The number of aryl methyl sites for hydroxylation is 1. The fraction of sp³-hybridized carbons (Fsp3) is 0.375. The van der Waals surface area contributed by atoms with Crippen LogP contribution in [0.3, 0.4) is 0 Å². The van der Waals surface area contributed by atoms with Crippen LogP contribution in [0.25, 0.3) is 0 Å². The molecule has 0 aliphatic heterocycles. The first-order valence-electron chi connectivity index (χ1n) is 6.77. The van der Waals surface area contributed by atoms with Crippen molar-refractivity contribution in [3.8, 4) is 0 Å². The van der Waals surface area contributed by atoms with E-state index in [1.807, 2.05) is 51.1 Å². The number of ether oxygens (including phenoxy) is 1. The molecule has 0 N–H and O–H groups in total. The molecular weight excluding hydrogens is 254 g/mol. The SMILES string of the molecule is CCOC(=O)C1C=CC(N=Cc2ccc(C)o2)=CC1C. The fourth-order valence-electron chi connectivity index (χ4n) is 2.08. The second-order valence-corrected chi connectivity index (χ2v) is 4.79. The monoisotopic (exact) mass is 273 g/mol. The van der Waals surface area contributed by atoms with Gasteiger partial charge in [-0.1, -0.05) is 19.1 Å². The number of carbonyl (C=O) groups is 1. The summed E-state index contributed by atoms with van der Waals surface area (Å²) in [6.45, 7) is 6.09. The van der Waals surface area contributed by atoms with Gasteiger partial charge in [0.25, 0.3) is 0 Å². The maximum Gasteiger partial charge on any atom is 0.313 e. The van der Waals surface area contributed by atoms with Gasteiger partial charge in [0.1, 0.15) is 11.5 Å². The Bertz CT molecular complexity index is 566. The predicted molar refractivity (Wildman–Crippen MR) is 77.5 cm³/mol. The molecule has 106 valence electrons. The number of rotatable bonds is 4. The van der Waals surface area contributed by atoms with Crippen molar-refractivity contribution in [1.29, 1.82) is 0 Å². The summed E-state index contributed by atoms with van der Waals surface area (Å²) in [5, 5.41) is 0. The maximum absolute atomic E-state index is 11.7. The third-order valence-electron chi connectivity index (χ3n) is 3.14. The van der Waals surface area contributed by atoms with E-state index in [0.29, 0.717) is 6.61 Å². The number of allylic oxidation sites excluding steroid dienone is 2. The topological polar surface area (TPSA) is 51.8 Å². The number of carbonyl (C=O) groups excluding carboxylic acids is 1. The van der Waals surface area contributed by atoms with Crippen molar-refractivity contribution < 1.29 is 13.9 Å². The van der Waals surface area contributed by atoms with Gasteiger partial charge >= 0.3 is 5.97 Å². The van der Waals surface area contributed by atoms with Gasteiger partial charge in [-0.15, -0.1) is 0 Å². The van der Waals surface area contributed by atoms with Gasteiger partial charge in [0.2, 0.25) is 0 Å². The van der Waals surface area contributed by atoms with Gasteiger partial charge in [0.05, 0.1) is 24.4 Å². The smallest absolute Gasteiger partial charge is 0.313 e. The van der Waals surface area contributed by atoms with Crippen LogP contribution in [-0.2, 0) is 9.53 Å². The number of hydrogen-bond acceptors (Lipinski definition) is 4.